The minimum absolute atomic E-state index is 0.491. The van der Waals surface area contributed by atoms with E-state index in [2.05, 4.69) is 5.18 Å². The van der Waals surface area contributed by atoms with Crippen molar-refractivity contribution in [3.05, 3.63) is 40.9 Å². The Morgan fingerprint density at radius 2 is 2.25 bits per heavy atom. The van der Waals surface area contributed by atoms with Crippen LogP contribution in [-0.4, -0.2) is 4.40 Å². The summed E-state index contributed by atoms with van der Waals surface area (Å²) in [5, 5.41) is 2.97. The molecular formula is C9H8N2O. The minimum Gasteiger partial charge on any atom is -0.299 e. The van der Waals surface area contributed by atoms with E-state index in [1.807, 2.05) is 37.4 Å². The molecule has 2 aromatic rings. The number of fused-ring (bicyclic) bond motifs is 1. The molecule has 2 aromatic heterocycles. The molecule has 0 spiro atoms. The number of pyridine rings is 1. The highest BCUT2D eigenvalue weighted by Crippen LogP contribution is 2.22. The van der Waals surface area contributed by atoms with Gasteiger partial charge in [0.1, 0.15) is 0 Å². The molecule has 0 saturated heterocycles. The van der Waals surface area contributed by atoms with Crippen LogP contribution in [0.1, 0.15) is 5.56 Å². The van der Waals surface area contributed by atoms with Crippen molar-refractivity contribution < 1.29 is 0 Å². The third-order valence-corrected chi connectivity index (χ3v) is 1.92. The van der Waals surface area contributed by atoms with Gasteiger partial charge in [-0.25, -0.2) is 0 Å². The van der Waals surface area contributed by atoms with Crippen LogP contribution in [0.25, 0.3) is 5.52 Å². The summed E-state index contributed by atoms with van der Waals surface area (Å²) in [5.41, 5.74) is 1.92. The number of hydrogen-bond acceptors (Lipinski definition) is 2. The Bertz CT molecular complexity index is 431. The summed E-state index contributed by atoms with van der Waals surface area (Å²) in [7, 11) is 0. The summed E-state index contributed by atoms with van der Waals surface area (Å²) in [6.07, 6.45) is 1.83. The van der Waals surface area contributed by atoms with Gasteiger partial charge in [-0.15, -0.1) is 4.91 Å². The second-order valence-electron chi connectivity index (χ2n) is 2.74. The first kappa shape index (κ1) is 7.03. The van der Waals surface area contributed by atoms with Crippen molar-refractivity contribution in [2.75, 3.05) is 0 Å². The molecule has 0 bridgehead atoms. The zero-order valence-corrected chi connectivity index (χ0v) is 6.69. The fraction of sp³-hybridized carbons (Fsp3) is 0.111. The Balaban J connectivity index is 2.90. The second kappa shape index (κ2) is 2.44. The molecule has 0 aliphatic heterocycles. The fourth-order valence-electron chi connectivity index (χ4n) is 1.36. The van der Waals surface area contributed by atoms with Crippen molar-refractivity contribution in [2.45, 2.75) is 6.92 Å². The monoisotopic (exact) mass is 160 g/mol. The van der Waals surface area contributed by atoms with E-state index in [0.717, 1.165) is 11.1 Å². The molecule has 0 amide bonds. The van der Waals surface area contributed by atoms with E-state index in [1.165, 1.54) is 0 Å². The molecule has 2 heterocycles. The summed E-state index contributed by atoms with van der Waals surface area (Å²) in [6, 6.07) is 7.70. The van der Waals surface area contributed by atoms with E-state index in [9.17, 15) is 4.91 Å². The van der Waals surface area contributed by atoms with Gasteiger partial charge in [0.05, 0.1) is 0 Å². The van der Waals surface area contributed by atoms with Gasteiger partial charge in [0.25, 0.3) is 0 Å². The molecular weight excluding hydrogens is 152 g/mol. The molecule has 0 aromatic carbocycles. The van der Waals surface area contributed by atoms with E-state index in [-0.39, 0.29) is 0 Å². The van der Waals surface area contributed by atoms with Gasteiger partial charge in [-0.1, -0.05) is 6.07 Å². The molecule has 0 unspecified atom stereocenters. The molecule has 0 radical (unpaired) electrons. The maximum atomic E-state index is 10.4. The molecule has 0 aliphatic rings. The van der Waals surface area contributed by atoms with Gasteiger partial charge >= 0.3 is 0 Å². The highest BCUT2D eigenvalue weighted by Gasteiger charge is 2.04. The van der Waals surface area contributed by atoms with Crippen LogP contribution >= 0.6 is 0 Å². The lowest BCUT2D eigenvalue weighted by atomic mass is 10.3. The number of hydrogen-bond donors (Lipinski definition) is 0. The van der Waals surface area contributed by atoms with E-state index in [1.54, 1.807) is 4.40 Å². The first-order valence-electron chi connectivity index (χ1n) is 3.73. The predicted octanol–water partition coefficient (Wildman–Crippen LogP) is 2.65. The molecule has 3 heteroatoms. The summed E-state index contributed by atoms with van der Waals surface area (Å²) in [6.45, 7) is 1.88. The van der Waals surface area contributed by atoms with Crippen molar-refractivity contribution in [1.29, 1.82) is 0 Å². The average Bonchev–Trinajstić information content (AvgIpc) is 2.40. The van der Waals surface area contributed by atoms with E-state index in [0.29, 0.717) is 5.82 Å². The van der Waals surface area contributed by atoms with Gasteiger partial charge in [0, 0.05) is 11.7 Å². The molecule has 12 heavy (non-hydrogen) atoms. The topological polar surface area (TPSA) is 33.8 Å². The number of nitroso groups, excluding NO2 is 1. The molecule has 2 rings (SSSR count). The highest BCUT2D eigenvalue weighted by molar-refractivity contribution is 5.60. The Morgan fingerprint density at radius 3 is 3.00 bits per heavy atom. The number of rotatable bonds is 1. The second-order valence-corrected chi connectivity index (χ2v) is 2.74. The first-order chi connectivity index (χ1) is 5.83. The number of aromatic nitrogens is 1. The fourth-order valence-corrected chi connectivity index (χ4v) is 1.36. The summed E-state index contributed by atoms with van der Waals surface area (Å²) >= 11 is 0. The molecule has 0 saturated carbocycles. The first-order valence-corrected chi connectivity index (χ1v) is 3.73. The predicted molar refractivity (Wildman–Crippen MR) is 47.6 cm³/mol. The van der Waals surface area contributed by atoms with Crippen LogP contribution in [0.15, 0.2) is 35.6 Å². The Labute approximate surface area is 69.6 Å². The van der Waals surface area contributed by atoms with Crippen LogP contribution in [0.3, 0.4) is 0 Å². The van der Waals surface area contributed by atoms with Crippen molar-refractivity contribution in [1.82, 2.24) is 4.40 Å². The van der Waals surface area contributed by atoms with Crippen LogP contribution in [0.4, 0.5) is 5.82 Å². The van der Waals surface area contributed by atoms with E-state index < -0.39 is 0 Å². The molecule has 3 nitrogen and oxygen atoms in total. The normalized spacial score (nSPS) is 10.4. The van der Waals surface area contributed by atoms with E-state index >= 15 is 0 Å². The maximum absolute atomic E-state index is 10.4. The molecule has 0 atom stereocenters. The van der Waals surface area contributed by atoms with Gasteiger partial charge in [0.2, 0.25) is 0 Å². The summed E-state index contributed by atoms with van der Waals surface area (Å²) in [4.78, 5) is 10.4. The third kappa shape index (κ3) is 0.830. The van der Waals surface area contributed by atoms with Gasteiger partial charge in [-0.3, -0.25) is 4.40 Å². The summed E-state index contributed by atoms with van der Waals surface area (Å²) in [5.74, 6) is 0.491. The number of aryl methyl sites for hydroxylation is 1. The standard InChI is InChI=1S/C9H8N2O/c1-7-6-8-4-2-3-5-11(8)9(7)10-12/h2-6H,1H3. The van der Waals surface area contributed by atoms with E-state index in [4.69, 9.17) is 0 Å². The van der Waals surface area contributed by atoms with Crippen LogP contribution in [0.2, 0.25) is 0 Å². The van der Waals surface area contributed by atoms with Gasteiger partial charge in [-0.2, -0.15) is 0 Å². The lowest BCUT2D eigenvalue weighted by molar-refractivity contribution is 1.16. The highest BCUT2D eigenvalue weighted by atomic mass is 16.3. The van der Waals surface area contributed by atoms with Crippen molar-refractivity contribution in [3.8, 4) is 0 Å². The van der Waals surface area contributed by atoms with Crippen molar-refractivity contribution in [2.24, 2.45) is 5.18 Å². The maximum Gasteiger partial charge on any atom is 0.184 e. The molecule has 0 N–H and O–H groups in total. The van der Waals surface area contributed by atoms with Crippen LogP contribution in [0.5, 0.6) is 0 Å². The lowest BCUT2D eigenvalue weighted by Crippen LogP contribution is -1.79. The quantitative estimate of drug-likeness (QED) is 0.590. The Morgan fingerprint density at radius 1 is 1.42 bits per heavy atom. The van der Waals surface area contributed by atoms with Crippen LogP contribution in [-0.2, 0) is 0 Å². The van der Waals surface area contributed by atoms with Gasteiger partial charge < -0.3 is 0 Å². The zero-order valence-electron chi connectivity index (χ0n) is 6.69. The Kier molecular flexibility index (Phi) is 1.43. The largest absolute Gasteiger partial charge is 0.299 e. The average molecular weight is 160 g/mol. The molecule has 0 aliphatic carbocycles. The smallest absolute Gasteiger partial charge is 0.184 e. The minimum atomic E-state index is 0.491. The van der Waals surface area contributed by atoms with Crippen LogP contribution < -0.4 is 0 Å². The zero-order chi connectivity index (χ0) is 8.55. The third-order valence-electron chi connectivity index (χ3n) is 1.92. The van der Waals surface area contributed by atoms with Crippen molar-refractivity contribution in [3.63, 3.8) is 0 Å². The van der Waals surface area contributed by atoms with Gasteiger partial charge in [0.15, 0.2) is 5.82 Å². The molecule has 0 fully saturated rings. The van der Waals surface area contributed by atoms with Crippen molar-refractivity contribution >= 4 is 11.3 Å². The van der Waals surface area contributed by atoms with Crippen LogP contribution in [0, 0.1) is 11.8 Å². The number of nitrogens with zero attached hydrogens (tertiary/aromatic N) is 2. The molecule has 60 valence electrons. The SMILES string of the molecule is Cc1cc2ccccn2c1N=O. The summed E-state index contributed by atoms with van der Waals surface area (Å²) < 4.78 is 1.78. The van der Waals surface area contributed by atoms with Gasteiger partial charge in [-0.05, 0) is 35.9 Å². The Hall–Kier alpha value is -1.64. The lowest BCUT2D eigenvalue weighted by Gasteiger charge is -1.92.